The molecule has 1 aromatic heterocycles. The van der Waals surface area contributed by atoms with Gasteiger partial charge in [-0.15, -0.1) is 0 Å². The van der Waals surface area contributed by atoms with E-state index in [1.54, 1.807) is 0 Å². The maximum Gasteiger partial charge on any atom is 0.127 e. The standard InChI is InChI=1S/C15H29N3/c1-10(2)18-12(16)11(9-14(3,4)5)17-13(18)15(6,7)8/h10H,9,16H2,1-8H3. The molecule has 0 atom stereocenters. The zero-order chi connectivity index (χ0) is 14.3. The summed E-state index contributed by atoms with van der Waals surface area (Å²) >= 11 is 0. The van der Waals surface area contributed by atoms with Crippen LogP contribution in [0.2, 0.25) is 0 Å². The van der Waals surface area contributed by atoms with Gasteiger partial charge < -0.3 is 10.3 Å². The molecule has 0 amide bonds. The van der Waals surface area contributed by atoms with Gasteiger partial charge in [0.25, 0.3) is 0 Å². The van der Waals surface area contributed by atoms with E-state index >= 15 is 0 Å². The van der Waals surface area contributed by atoms with Crippen LogP contribution in [0.4, 0.5) is 5.82 Å². The van der Waals surface area contributed by atoms with Gasteiger partial charge in [-0.2, -0.15) is 0 Å². The van der Waals surface area contributed by atoms with Crippen LogP contribution < -0.4 is 5.73 Å². The van der Waals surface area contributed by atoms with E-state index < -0.39 is 0 Å². The van der Waals surface area contributed by atoms with Crippen LogP contribution in [0, 0.1) is 5.41 Å². The zero-order valence-corrected chi connectivity index (χ0v) is 13.3. The fourth-order valence-electron chi connectivity index (χ4n) is 2.18. The summed E-state index contributed by atoms with van der Waals surface area (Å²) in [5, 5.41) is 0. The van der Waals surface area contributed by atoms with Crippen molar-refractivity contribution in [2.75, 3.05) is 5.73 Å². The maximum atomic E-state index is 6.31. The second kappa shape index (κ2) is 4.60. The summed E-state index contributed by atoms with van der Waals surface area (Å²) in [6.45, 7) is 17.5. The minimum absolute atomic E-state index is 0.0223. The summed E-state index contributed by atoms with van der Waals surface area (Å²) in [5.74, 6) is 1.93. The van der Waals surface area contributed by atoms with Crippen LogP contribution in [0.5, 0.6) is 0 Å². The first kappa shape index (κ1) is 15.1. The molecule has 0 aromatic carbocycles. The van der Waals surface area contributed by atoms with Crippen molar-refractivity contribution in [3.05, 3.63) is 11.5 Å². The van der Waals surface area contributed by atoms with E-state index in [2.05, 4.69) is 60.0 Å². The lowest BCUT2D eigenvalue weighted by molar-refractivity contribution is 0.406. The molecule has 0 saturated heterocycles. The van der Waals surface area contributed by atoms with Gasteiger partial charge in [0, 0.05) is 11.5 Å². The highest BCUT2D eigenvalue weighted by atomic mass is 15.2. The van der Waals surface area contributed by atoms with E-state index in [1.165, 1.54) is 0 Å². The van der Waals surface area contributed by atoms with E-state index in [0.717, 1.165) is 23.8 Å². The van der Waals surface area contributed by atoms with Crippen molar-refractivity contribution in [2.45, 2.75) is 73.3 Å². The molecule has 0 saturated carbocycles. The first-order chi connectivity index (χ1) is 7.93. The van der Waals surface area contributed by atoms with E-state index in [4.69, 9.17) is 10.7 Å². The second-order valence-corrected chi connectivity index (χ2v) is 7.72. The average molecular weight is 251 g/mol. The summed E-state index contributed by atoms with van der Waals surface area (Å²) in [5.41, 5.74) is 7.58. The highest BCUT2D eigenvalue weighted by Gasteiger charge is 2.27. The van der Waals surface area contributed by atoms with Gasteiger partial charge in [0.15, 0.2) is 0 Å². The van der Waals surface area contributed by atoms with E-state index in [0.29, 0.717) is 6.04 Å². The molecule has 0 fully saturated rings. The fourth-order valence-corrected chi connectivity index (χ4v) is 2.18. The van der Waals surface area contributed by atoms with E-state index in [1.807, 2.05) is 0 Å². The van der Waals surface area contributed by atoms with Crippen LogP contribution in [0.25, 0.3) is 0 Å². The topological polar surface area (TPSA) is 43.8 Å². The lowest BCUT2D eigenvalue weighted by Crippen LogP contribution is -2.21. The molecule has 1 rings (SSSR count). The molecule has 3 heteroatoms. The molecule has 0 bridgehead atoms. The quantitative estimate of drug-likeness (QED) is 0.865. The number of anilines is 1. The number of imidazole rings is 1. The van der Waals surface area contributed by atoms with E-state index in [9.17, 15) is 0 Å². The Hall–Kier alpha value is -0.990. The molecule has 2 N–H and O–H groups in total. The van der Waals surface area contributed by atoms with Crippen LogP contribution in [-0.2, 0) is 11.8 Å². The highest BCUT2D eigenvalue weighted by Crippen LogP contribution is 2.32. The SMILES string of the molecule is CC(C)n1c(C(C)(C)C)nc(CC(C)(C)C)c1N. The van der Waals surface area contributed by atoms with Crippen LogP contribution in [0.15, 0.2) is 0 Å². The number of hydrogen-bond acceptors (Lipinski definition) is 2. The predicted molar refractivity (Wildman–Crippen MR) is 78.9 cm³/mol. The Morgan fingerprint density at radius 3 is 1.89 bits per heavy atom. The number of rotatable bonds is 2. The Kier molecular flexibility index (Phi) is 3.85. The van der Waals surface area contributed by atoms with Crippen LogP contribution >= 0.6 is 0 Å². The Morgan fingerprint density at radius 2 is 1.61 bits per heavy atom. The summed E-state index contributed by atoms with van der Waals surface area (Å²) in [6, 6.07) is 0.348. The molecule has 1 heterocycles. The molecule has 0 unspecified atom stereocenters. The van der Waals surface area contributed by atoms with Crippen LogP contribution in [-0.4, -0.2) is 9.55 Å². The largest absolute Gasteiger partial charge is 0.384 e. The fraction of sp³-hybridized carbons (Fsp3) is 0.800. The first-order valence-electron chi connectivity index (χ1n) is 6.80. The van der Waals surface area contributed by atoms with Crippen molar-refractivity contribution < 1.29 is 0 Å². The maximum absolute atomic E-state index is 6.31. The molecule has 1 aromatic rings. The number of nitrogens with zero attached hydrogens (tertiary/aromatic N) is 2. The normalized spacial score (nSPS) is 13.4. The molecule has 0 spiro atoms. The van der Waals surface area contributed by atoms with Crippen LogP contribution in [0.3, 0.4) is 0 Å². The molecule has 18 heavy (non-hydrogen) atoms. The molecular weight excluding hydrogens is 222 g/mol. The summed E-state index contributed by atoms with van der Waals surface area (Å²) in [7, 11) is 0. The van der Waals surface area contributed by atoms with Gasteiger partial charge in [0.1, 0.15) is 11.6 Å². The first-order valence-corrected chi connectivity index (χ1v) is 6.80. The van der Waals surface area contributed by atoms with Crippen molar-refractivity contribution in [2.24, 2.45) is 5.41 Å². The van der Waals surface area contributed by atoms with Gasteiger partial charge in [-0.3, -0.25) is 0 Å². The number of nitrogen functional groups attached to an aromatic ring is 1. The highest BCUT2D eigenvalue weighted by molar-refractivity contribution is 5.41. The molecule has 0 aliphatic carbocycles. The average Bonchev–Trinajstić information content (AvgIpc) is 2.40. The summed E-state index contributed by atoms with van der Waals surface area (Å²) in [6.07, 6.45) is 0.918. The van der Waals surface area contributed by atoms with Crippen LogP contribution in [0.1, 0.15) is 73.0 Å². The predicted octanol–water partition coefficient (Wildman–Crippen LogP) is 3.93. The third kappa shape index (κ3) is 3.27. The third-order valence-electron chi connectivity index (χ3n) is 2.91. The molecule has 0 aliphatic heterocycles. The van der Waals surface area contributed by atoms with Crippen molar-refractivity contribution in [1.82, 2.24) is 9.55 Å². The molecule has 0 aliphatic rings. The summed E-state index contributed by atoms with van der Waals surface area (Å²) < 4.78 is 2.18. The zero-order valence-electron chi connectivity index (χ0n) is 13.3. The number of hydrogen-bond donors (Lipinski definition) is 1. The van der Waals surface area contributed by atoms with Crippen molar-refractivity contribution >= 4 is 5.82 Å². The number of nitrogens with two attached hydrogens (primary N) is 1. The monoisotopic (exact) mass is 251 g/mol. The van der Waals surface area contributed by atoms with Gasteiger partial charge in [-0.1, -0.05) is 41.5 Å². The van der Waals surface area contributed by atoms with Gasteiger partial charge in [-0.25, -0.2) is 4.98 Å². The lowest BCUT2D eigenvalue weighted by Gasteiger charge is -2.22. The van der Waals surface area contributed by atoms with Crippen molar-refractivity contribution in [1.29, 1.82) is 0 Å². The molecular formula is C15H29N3. The Bertz CT molecular complexity index is 414. The van der Waals surface area contributed by atoms with Gasteiger partial charge in [-0.05, 0) is 25.7 Å². The minimum Gasteiger partial charge on any atom is -0.384 e. The Morgan fingerprint density at radius 1 is 1.11 bits per heavy atom. The van der Waals surface area contributed by atoms with Gasteiger partial charge in [0.05, 0.1) is 5.69 Å². The molecule has 104 valence electrons. The number of aromatic nitrogens is 2. The van der Waals surface area contributed by atoms with Gasteiger partial charge >= 0.3 is 0 Å². The molecule has 0 radical (unpaired) electrons. The molecule has 3 nitrogen and oxygen atoms in total. The Labute approximate surface area is 112 Å². The summed E-state index contributed by atoms with van der Waals surface area (Å²) in [4.78, 5) is 4.83. The van der Waals surface area contributed by atoms with Crippen molar-refractivity contribution in [3.63, 3.8) is 0 Å². The minimum atomic E-state index is 0.0223. The van der Waals surface area contributed by atoms with E-state index in [-0.39, 0.29) is 10.8 Å². The third-order valence-corrected chi connectivity index (χ3v) is 2.91. The van der Waals surface area contributed by atoms with Gasteiger partial charge in [0.2, 0.25) is 0 Å². The Balaban J connectivity index is 3.33. The lowest BCUT2D eigenvalue weighted by atomic mass is 9.90. The van der Waals surface area contributed by atoms with Crippen molar-refractivity contribution in [3.8, 4) is 0 Å². The second-order valence-electron chi connectivity index (χ2n) is 7.72. The smallest absolute Gasteiger partial charge is 0.127 e.